The van der Waals surface area contributed by atoms with Crippen LogP contribution in [0.1, 0.15) is 13.8 Å². The van der Waals surface area contributed by atoms with Crippen molar-refractivity contribution in [2.75, 3.05) is 0 Å². The van der Waals surface area contributed by atoms with E-state index in [4.69, 9.17) is 0 Å². The van der Waals surface area contributed by atoms with E-state index >= 15 is 0 Å². The molecule has 0 rings (SSSR count). The van der Waals surface area contributed by atoms with Crippen LogP contribution in [0.5, 0.6) is 0 Å². The van der Waals surface area contributed by atoms with E-state index in [-0.39, 0.29) is 0 Å². The molecule has 0 unspecified atom stereocenters. The van der Waals surface area contributed by atoms with E-state index in [1.807, 2.05) is 56.4 Å². The summed E-state index contributed by atoms with van der Waals surface area (Å²) in [6, 6.07) is 0. The highest BCUT2D eigenvalue weighted by Gasteiger charge is 1.93. The molecule has 0 aliphatic carbocycles. The zero-order valence-electron chi connectivity index (χ0n) is 10.2. The van der Waals surface area contributed by atoms with Crippen molar-refractivity contribution in [1.82, 2.24) is 0 Å². The maximum absolute atomic E-state index is 3.82. The minimum atomic E-state index is 1.10. The fourth-order valence-corrected chi connectivity index (χ4v) is 1.15. The summed E-state index contributed by atoms with van der Waals surface area (Å²) in [5, 5.41) is 0. The van der Waals surface area contributed by atoms with Gasteiger partial charge in [-0.1, -0.05) is 73.9 Å². The van der Waals surface area contributed by atoms with Gasteiger partial charge in [0.15, 0.2) is 0 Å². The van der Waals surface area contributed by atoms with Crippen molar-refractivity contribution in [3.63, 3.8) is 0 Å². The van der Waals surface area contributed by atoms with E-state index in [2.05, 4.69) is 25.3 Å². The van der Waals surface area contributed by atoms with E-state index in [0.717, 1.165) is 11.1 Å². The molecule has 0 bridgehead atoms. The van der Waals surface area contributed by atoms with Crippen LogP contribution in [-0.4, -0.2) is 0 Å². The average molecular weight is 212 g/mol. The maximum atomic E-state index is 3.82. The Morgan fingerprint density at radius 1 is 0.875 bits per heavy atom. The Hall–Kier alpha value is -1.82. The fraction of sp³-hybridized carbons (Fsp3) is 0.125. The molecule has 0 aliphatic heterocycles. The van der Waals surface area contributed by atoms with E-state index < -0.39 is 0 Å². The topological polar surface area (TPSA) is 0 Å². The first-order valence-electron chi connectivity index (χ1n) is 5.38. The van der Waals surface area contributed by atoms with Crippen molar-refractivity contribution in [2.24, 2.45) is 0 Å². The summed E-state index contributed by atoms with van der Waals surface area (Å²) >= 11 is 0. The van der Waals surface area contributed by atoms with E-state index in [1.54, 1.807) is 6.08 Å². The summed E-state index contributed by atoms with van der Waals surface area (Å²) in [6.07, 6.45) is 19.6. The molecule has 0 aromatic heterocycles. The molecular weight excluding hydrogens is 192 g/mol. The normalized spacial score (nSPS) is 14.1. The molecule has 0 saturated heterocycles. The third-order valence-electron chi connectivity index (χ3n) is 1.97. The molecule has 0 radical (unpaired) electrons. The number of hydrogen-bond acceptors (Lipinski definition) is 0. The highest BCUT2D eigenvalue weighted by molar-refractivity contribution is 5.47. The molecule has 0 aliphatic rings. The summed E-state index contributed by atoms with van der Waals surface area (Å²) in [5.41, 5.74) is 2.25. The van der Waals surface area contributed by atoms with Gasteiger partial charge in [0.1, 0.15) is 0 Å². The molecule has 0 aromatic carbocycles. The Morgan fingerprint density at radius 2 is 1.62 bits per heavy atom. The van der Waals surface area contributed by atoms with Gasteiger partial charge >= 0.3 is 0 Å². The van der Waals surface area contributed by atoms with Gasteiger partial charge in [0.05, 0.1) is 0 Å². The number of rotatable bonds is 6. The van der Waals surface area contributed by atoms with Gasteiger partial charge in [-0.2, -0.15) is 0 Å². The van der Waals surface area contributed by atoms with Crippen molar-refractivity contribution in [3.05, 3.63) is 85.1 Å². The van der Waals surface area contributed by atoms with Crippen molar-refractivity contribution in [2.45, 2.75) is 13.8 Å². The van der Waals surface area contributed by atoms with E-state index in [0.29, 0.717) is 0 Å². The van der Waals surface area contributed by atoms with Crippen LogP contribution in [0.3, 0.4) is 0 Å². The summed E-state index contributed by atoms with van der Waals surface area (Å²) in [6.45, 7) is 11.5. The van der Waals surface area contributed by atoms with Crippen LogP contribution in [-0.2, 0) is 0 Å². The van der Waals surface area contributed by atoms with Gasteiger partial charge in [0.25, 0.3) is 0 Å². The first-order valence-corrected chi connectivity index (χ1v) is 5.38. The third-order valence-corrected chi connectivity index (χ3v) is 1.97. The first kappa shape index (κ1) is 14.2. The van der Waals surface area contributed by atoms with Gasteiger partial charge in [-0.25, -0.2) is 0 Å². The Kier molecular flexibility index (Phi) is 8.62. The van der Waals surface area contributed by atoms with Crippen LogP contribution < -0.4 is 0 Å². The van der Waals surface area contributed by atoms with Gasteiger partial charge in [0, 0.05) is 0 Å². The molecular formula is C16H20. The lowest BCUT2D eigenvalue weighted by molar-refractivity contribution is 1.50. The molecule has 0 heteroatoms. The summed E-state index contributed by atoms with van der Waals surface area (Å²) in [7, 11) is 0. The molecule has 0 aromatic rings. The second kappa shape index (κ2) is 9.72. The Morgan fingerprint density at radius 3 is 2.12 bits per heavy atom. The lowest BCUT2D eigenvalue weighted by Gasteiger charge is -2.00. The maximum Gasteiger partial charge on any atom is -0.0193 e. The Bertz CT molecular complexity index is 357. The van der Waals surface area contributed by atoms with Gasteiger partial charge in [-0.05, 0) is 25.0 Å². The molecule has 0 amide bonds. The minimum absolute atomic E-state index is 1.10. The van der Waals surface area contributed by atoms with Crippen LogP contribution in [0.15, 0.2) is 85.1 Å². The highest BCUT2D eigenvalue weighted by Crippen LogP contribution is 2.13. The lowest BCUT2D eigenvalue weighted by Crippen LogP contribution is -1.81. The minimum Gasteiger partial charge on any atom is -0.0991 e. The number of allylic oxidation sites excluding steroid dienone is 12. The second-order valence-corrected chi connectivity index (χ2v) is 3.08. The standard InChI is InChI=1S/C16H20/c1-5-9-11-13-15(7-3)16(8-4)14-12-10-6-2/h5-14H,1,3H2,2,4H3/b10-6-,11-9-,14-12-,15-13+,16-8?. The monoisotopic (exact) mass is 212 g/mol. The second-order valence-electron chi connectivity index (χ2n) is 3.08. The molecule has 0 saturated carbocycles. The smallest absolute Gasteiger partial charge is 0.0193 e. The molecule has 84 valence electrons. The fourth-order valence-electron chi connectivity index (χ4n) is 1.15. The molecule has 0 N–H and O–H groups in total. The third kappa shape index (κ3) is 5.82. The Labute approximate surface area is 99.4 Å². The van der Waals surface area contributed by atoms with Gasteiger partial charge < -0.3 is 0 Å². The molecule has 0 nitrogen and oxygen atoms in total. The molecule has 0 heterocycles. The summed E-state index contributed by atoms with van der Waals surface area (Å²) in [4.78, 5) is 0. The van der Waals surface area contributed by atoms with Gasteiger partial charge in [-0.3, -0.25) is 0 Å². The first-order chi connectivity index (χ1) is 7.79. The molecule has 16 heavy (non-hydrogen) atoms. The lowest BCUT2D eigenvalue weighted by atomic mass is 10.0. The zero-order chi connectivity index (χ0) is 12.2. The molecule has 0 spiro atoms. The van der Waals surface area contributed by atoms with Gasteiger partial charge in [0.2, 0.25) is 0 Å². The Balaban J connectivity index is 4.91. The summed E-state index contributed by atoms with van der Waals surface area (Å²) < 4.78 is 0. The largest absolute Gasteiger partial charge is 0.0991 e. The van der Waals surface area contributed by atoms with Crippen LogP contribution >= 0.6 is 0 Å². The van der Waals surface area contributed by atoms with Crippen molar-refractivity contribution in [3.8, 4) is 0 Å². The molecule has 0 fully saturated rings. The number of hydrogen-bond donors (Lipinski definition) is 0. The van der Waals surface area contributed by atoms with E-state index in [1.165, 1.54) is 0 Å². The highest BCUT2D eigenvalue weighted by atomic mass is 14.0. The van der Waals surface area contributed by atoms with Crippen LogP contribution in [0.4, 0.5) is 0 Å². The predicted octanol–water partition coefficient (Wildman–Crippen LogP) is 4.92. The SMILES string of the molecule is C=C/C=C\C=C(/C=C)C(=CC)/C=C\C=C/C. The van der Waals surface area contributed by atoms with Crippen LogP contribution in [0.25, 0.3) is 0 Å². The molecule has 0 atom stereocenters. The van der Waals surface area contributed by atoms with Crippen molar-refractivity contribution < 1.29 is 0 Å². The van der Waals surface area contributed by atoms with Gasteiger partial charge in [-0.15, -0.1) is 0 Å². The zero-order valence-corrected chi connectivity index (χ0v) is 10.2. The van der Waals surface area contributed by atoms with Crippen LogP contribution in [0.2, 0.25) is 0 Å². The van der Waals surface area contributed by atoms with Crippen molar-refractivity contribution >= 4 is 0 Å². The van der Waals surface area contributed by atoms with Crippen LogP contribution in [0, 0.1) is 0 Å². The predicted molar refractivity (Wildman–Crippen MR) is 75.3 cm³/mol. The quantitative estimate of drug-likeness (QED) is 0.548. The van der Waals surface area contributed by atoms with E-state index in [9.17, 15) is 0 Å². The van der Waals surface area contributed by atoms with Crippen molar-refractivity contribution in [1.29, 1.82) is 0 Å². The summed E-state index contributed by atoms with van der Waals surface area (Å²) in [5.74, 6) is 0. The average Bonchev–Trinajstić information content (AvgIpc) is 2.31.